The lowest BCUT2D eigenvalue weighted by molar-refractivity contribution is -0.662. The molecule has 0 aliphatic carbocycles. The van der Waals surface area contributed by atoms with E-state index in [2.05, 4.69) is 30.7 Å². The molecule has 5 rings (SSSR count). The van der Waals surface area contributed by atoms with Gasteiger partial charge in [0.05, 0.1) is 5.56 Å². The monoisotopic (exact) mass is 584 g/mol. The standard InChI is InChI=1S/C22H17N9O7S2/c23-5-10-1-2-12-29(6-10)3-4-30(12)7-11-9-39-20-15(19(35)31(20)16(11)21(36)37)25-18(34)14(27-38-8-13(32)33)17-26-22(24)40-28-17/h1-4,6,15,20H,7-9H2,(H4-,24,25,26,28,32,33,34,36,37)/p+1/b27-14+. The molecule has 0 radical (unpaired) electrons. The Morgan fingerprint density at radius 2 is 2.15 bits per heavy atom. The largest absolute Gasteiger partial charge is 0.479 e. The summed E-state index contributed by atoms with van der Waals surface area (Å²) in [5.74, 6) is -4.17. The number of carbonyl (C=O) groups is 4. The Hall–Kier alpha value is -5.02. The number of nitrogens with zero attached hydrogens (tertiary/aromatic N) is 7. The number of pyridine rings is 1. The Morgan fingerprint density at radius 3 is 2.83 bits per heavy atom. The van der Waals surface area contributed by atoms with Crippen molar-refractivity contribution >= 4 is 63.5 Å². The average molecular weight is 585 g/mol. The third-order valence-electron chi connectivity index (χ3n) is 5.90. The van der Waals surface area contributed by atoms with Gasteiger partial charge in [0.15, 0.2) is 5.13 Å². The van der Waals surface area contributed by atoms with Crippen molar-refractivity contribution in [2.24, 2.45) is 5.16 Å². The molecule has 2 aliphatic heterocycles. The summed E-state index contributed by atoms with van der Waals surface area (Å²) >= 11 is 2.04. The maximum Gasteiger partial charge on any atom is 0.352 e. The van der Waals surface area contributed by atoms with Crippen LogP contribution in [0, 0.1) is 11.3 Å². The number of nitrogen functional groups attached to an aromatic ring is 1. The van der Waals surface area contributed by atoms with Crippen LogP contribution in [0.1, 0.15) is 11.4 Å². The van der Waals surface area contributed by atoms with Gasteiger partial charge < -0.3 is 26.1 Å². The van der Waals surface area contributed by atoms with Crippen LogP contribution in [0.4, 0.5) is 5.13 Å². The summed E-state index contributed by atoms with van der Waals surface area (Å²) in [5.41, 5.74) is 6.58. The summed E-state index contributed by atoms with van der Waals surface area (Å²) in [6.07, 6.45) is 5.13. The van der Waals surface area contributed by atoms with Crippen LogP contribution < -0.4 is 15.6 Å². The number of carboxylic acids is 2. The third-order valence-corrected chi connectivity index (χ3v) is 7.78. The van der Waals surface area contributed by atoms with Crippen molar-refractivity contribution < 1.29 is 38.8 Å². The number of nitriles is 1. The number of nitrogens with one attached hydrogen (secondary N) is 1. The number of aromatic nitrogens is 4. The molecular formula is C22H18N9O7S2+. The van der Waals surface area contributed by atoms with Crippen molar-refractivity contribution in [1.29, 1.82) is 5.26 Å². The molecule has 16 nitrogen and oxygen atoms in total. The Balaban J connectivity index is 1.36. The number of imidazole rings is 1. The molecule has 0 spiro atoms. The first kappa shape index (κ1) is 26.6. The molecule has 1 fully saturated rings. The summed E-state index contributed by atoms with van der Waals surface area (Å²) in [5, 5.41) is 33.2. The van der Waals surface area contributed by atoms with Crippen LogP contribution in [-0.4, -0.2) is 82.1 Å². The molecule has 0 bridgehead atoms. The lowest BCUT2D eigenvalue weighted by Crippen LogP contribution is -2.71. The van der Waals surface area contributed by atoms with Gasteiger partial charge in [-0.05, 0) is 6.07 Å². The topological polar surface area (TPSA) is 229 Å². The van der Waals surface area contributed by atoms with E-state index < -0.39 is 47.5 Å². The fourth-order valence-corrected chi connectivity index (χ4v) is 5.96. The Morgan fingerprint density at radius 1 is 1.35 bits per heavy atom. The molecule has 2 atom stereocenters. The predicted molar refractivity (Wildman–Crippen MR) is 136 cm³/mol. The smallest absolute Gasteiger partial charge is 0.352 e. The van der Waals surface area contributed by atoms with Gasteiger partial charge in [0.25, 0.3) is 17.5 Å². The molecule has 5 N–H and O–H groups in total. The van der Waals surface area contributed by atoms with Crippen molar-refractivity contribution in [1.82, 2.24) is 24.0 Å². The van der Waals surface area contributed by atoms with Crippen LogP contribution in [0.15, 0.2) is 47.1 Å². The number of oxime groups is 1. The molecule has 2 unspecified atom stereocenters. The van der Waals surface area contributed by atoms with Gasteiger partial charge in [-0.15, -0.1) is 11.8 Å². The van der Waals surface area contributed by atoms with Crippen LogP contribution >= 0.6 is 23.3 Å². The minimum atomic E-state index is -1.33. The lowest BCUT2D eigenvalue weighted by Gasteiger charge is -2.49. The van der Waals surface area contributed by atoms with E-state index in [0.29, 0.717) is 11.1 Å². The second kappa shape index (κ2) is 10.6. The van der Waals surface area contributed by atoms with Crippen LogP contribution in [0.25, 0.3) is 5.65 Å². The van der Waals surface area contributed by atoms with E-state index in [1.807, 2.05) is 0 Å². The molecule has 2 aliphatic rings. The number of aliphatic carboxylic acids is 2. The van der Waals surface area contributed by atoms with Crippen LogP contribution in [0.2, 0.25) is 0 Å². The molecule has 3 aromatic rings. The van der Waals surface area contributed by atoms with Crippen LogP contribution in [-0.2, 0) is 30.6 Å². The fraction of sp³-hybridized carbons (Fsp3) is 0.227. The maximum absolute atomic E-state index is 13.1. The molecule has 18 heteroatoms. The number of nitrogens with two attached hydrogens (primary N) is 1. The van der Waals surface area contributed by atoms with Gasteiger partial charge >= 0.3 is 11.9 Å². The van der Waals surface area contributed by atoms with Gasteiger partial charge in [-0.1, -0.05) is 5.16 Å². The number of β-lactam (4-membered cyclic amide) rings is 1. The summed E-state index contributed by atoms with van der Waals surface area (Å²) < 4.78 is 7.42. The average Bonchev–Trinajstić information content (AvgIpc) is 3.54. The zero-order valence-electron chi connectivity index (χ0n) is 20.1. The molecule has 204 valence electrons. The predicted octanol–water partition coefficient (Wildman–Crippen LogP) is -1.22. The number of carbonyl (C=O) groups excluding carboxylic acids is 2. The number of carboxylic acid groups (broad SMARTS) is 2. The number of hydrogen-bond donors (Lipinski definition) is 4. The highest BCUT2D eigenvalue weighted by molar-refractivity contribution is 8.00. The Kier molecular flexibility index (Phi) is 7.06. The minimum absolute atomic E-state index is 0.0191. The van der Waals surface area contributed by atoms with Crippen molar-refractivity contribution in [3.8, 4) is 6.07 Å². The molecule has 0 saturated carbocycles. The molecule has 0 aromatic carbocycles. The normalized spacial score (nSPS) is 18.6. The molecule has 5 heterocycles. The van der Waals surface area contributed by atoms with E-state index in [4.69, 9.17) is 16.1 Å². The van der Waals surface area contributed by atoms with Gasteiger partial charge in [-0.2, -0.15) is 14.6 Å². The summed E-state index contributed by atoms with van der Waals surface area (Å²) in [7, 11) is 0. The van der Waals surface area contributed by atoms with Crippen molar-refractivity contribution in [2.45, 2.75) is 18.0 Å². The Bertz CT molecular complexity index is 1670. The van der Waals surface area contributed by atoms with E-state index in [1.165, 1.54) is 11.8 Å². The molecule has 40 heavy (non-hydrogen) atoms. The number of amides is 2. The van der Waals surface area contributed by atoms with E-state index >= 15 is 0 Å². The molecule has 3 aromatic heterocycles. The number of thioether (sulfide) groups is 1. The van der Waals surface area contributed by atoms with Crippen LogP contribution in [0.5, 0.6) is 0 Å². The minimum Gasteiger partial charge on any atom is -0.479 e. The van der Waals surface area contributed by atoms with E-state index in [1.54, 1.807) is 39.7 Å². The summed E-state index contributed by atoms with van der Waals surface area (Å²) in [6, 6.07) is 4.35. The van der Waals surface area contributed by atoms with Gasteiger partial charge in [0.1, 0.15) is 48.3 Å². The highest BCUT2D eigenvalue weighted by Gasteiger charge is 2.54. The van der Waals surface area contributed by atoms with Crippen molar-refractivity contribution in [3.05, 3.63) is 53.4 Å². The van der Waals surface area contributed by atoms with E-state index in [-0.39, 0.29) is 29.0 Å². The zero-order valence-corrected chi connectivity index (χ0v) is 21.8. The molecular weight excluding hydrogens is 566 g/mol. The highest BCUT2D eigenvalue weighted by atomic mass is 32.2. The first-order valence-corrected chi connectivity index (χ1v) is 13.1. The van der Waals surface area contributed by atoms with Crippen molar-refractivity contribution in [2.75, 3.05) is 18.1 Å². The van der Waals surface area contributed by atoms with Gasteiger partial charge in [0, 0.05) is 28.9 Å². The lowest BCUT2D eigenvalue weighted by atomic mass is 10.0. The number of rotatable bonds is 9. The van der Waals surface area contributed by atoms with E-state index in [9.17, 15) is 24.3 Å². The first-order valence-electron chi connectivity index (χ1n) is 11.3. The third kappa shape index (κ3) is 4.90. The number of anilines is 1. The number of hydrogen-bond acceptors (Lipinski definition) is 12. The van der Waals surface area contributed by atoms with E-state index in [0.717, 1.165) is 22.1 Å². The summed E-state index contributed by atoms with van der Waals surface area (Å²) in [4.78, 5) is 58.8. The second-order valence-electron chi connectivity index (χ2n) is 8.40. The second-order valence-corrected chi connectivity index (χ2v) is 10.3. The molecule has 2 amide bonds. The van der Waals surface area contributed by atoms with Crippen LogP contribution in [0.3, 0.4) is 0 Å². The van der Waals surface area contributed by atoms with Crippen molar-refractivity contribution in [3.63, 3.8) is 0 Å². The maximum atomic E-state index is 13.1. The fourth-order valence-electron chi connectivity index (χ4n) is 4.19. The van der Waals surface area contributed by atoms with Gasteiger partial charge in [-0.25, -0.2) is 18.6 Å². The first-order chi connectivity index (χ1) is 19.2. The highest BCUT2D eigenvalue weighted by Crippen LogP contribution is 2.40. The quantitative estimate of drug-likeness (QED) is 0.100. The summed E-state index contributed by atoms with van der Waals surface area (Å²) in [6.45, 7) is -0.658. The SMILES string of the molecule is N#Cc1ccc2n(cc[n+]2CC2=C(C(=O)O)N3C(=O)C(NC(=O)/C(=N/OCC(=O)O)c4nsc(N)n4)C3SC2)c1. The Labute approximate surface area is 232 Å². The number of fused-ring (bicyclic) bond motifs is 2. The van der Waals surface area contributed by atoms with Gasteiger partial charge in [0.2, 0.25) is 18.1 Å². The van der Waals surface area contributed by atoms with Gasteiger partial charge in [-0.3, -0.25) is 14.5 Å². The molecule has 1 saturated heterocycles. The zero-order chi connectivity index (χ0) is 28.6.